The number of piperazine rings is 1. The fraction of sp³-hybridized carbons (Fsp3) is 0.435. The van der Waals surface area contributed by atoms with Crippen LogP contribution in [0.5, 0.6) is 0 Å². The number of aromatic nitrogens is 1. The third kappa shape index (κ3) is 5.77. The fourth-order valence-corrected chi connectivity index (χ4v) is 3.34. The predicted molar refractivity (Wildman–Crippen MR) is 116 cm³/mol. The molecule has 0 aliphatic carbocycles. The number of benzene rings is 1. The summed E-state index contributed by atoms with van der Waals surface area (Å²) >= 11 is 0. The van der Waals surface area contributed by atoms with Gasteiger partial charge >= 0.3 is 6.18 Å². The van der Waals surface area contributed by atoms with Gasteiger partial charge in [-0.2, -0.15) is 13.2 Å². The van der Waals surface area contributed by atoms with Crippen molar-refractivity contribution in [2.24, 2.45) is 5.92 Å². The van der Waals surface area contributed by atoms with Crippen molar-refractivity contribution >= 4 is 17.6 Å². The van der Waals surface area contributed by atoms with Crippen LogP contribution in [0.25, 0.3) is 0 Å². The van der Waals surface area contributed by atoms with Gasteiger partial charge in [0.1, 0.15) is 5.82 Å². The van der Waals surface area contributed by atoms with Gasteiger partial charge in [0.05, 0.1) is 11.1 Å². The number of pyridine rings is 1. The number of anilines is 1. The van der Waals surface area contributed by atoms with Crippen LogP contribution in [0.15, 0.2) is 42.6 Å². The molecule has 0 spiro atoms. The molecule has 1 aromatic heterocycles. The van der Waals surface area contributed by atoms with Crippen molar-refractivity contribution in [3.8, 4) is 0 Å². The first-order valence-corrected chi connectivity index (χ1v) is 10.6. The van der Waals surface area contributed by atoms with E-state index in [1.807, 2.05) is 4.90 Å². The van der Waals surface area contributed by atoms with E-state index in [4.69, 9.17) is 0 Å². The van der Waals surface area contributed by atoms with E-state index >= 15 is 0 Å². The Morgan fingerprint density at radius 2 is 1.66 bits per heavy atom. The zero-order chi connectivity index (χ0) is 23.3. The number of carbonyl (C=O) groups is 2. The topological polar surface area (TPSA) is 65.5 Å². The van der Waals surface area contributed by atoms with Crippen LogP contribution < -0.4 is 10.2 Å². The van der Waals surface area contributed by atoms with E-state index < -0.39 is 11.7 Å². The zero-order valence-electron chi connectivity index (χ0n) is 18.2. The maximum atomic E-state index is 12.7. The van der Waals surface area contributed by atoms with Crippen LogP contribution >= 0.6 is 0 Å². The van der Waals surface area contributed by atoms with Gasteiger partial charge in [-0.3, -0.25) is 9.59 Å². The van der Waals surface area contributed by atoms with Crippen molar-refractivity contribution in [1.82, 2.24) is 15.2 Å². The third-order valence-corrected chi connectivity index (χ3v) is 5.67. The Labute approximate surface area is 185 Å². The minimum absolute atomic E-state index is 0.156. The second-order valence-corrected chi connectivity index (χ2v) is 7.98. The highest BCUT2D eigenvalue weighted by Crippen LogP contribution is 2.29. The molecule has 1 fully saturated rings. The Bertz CT molecular complexity index is 922. The average molecular weight is 448 g/mol. The van der Waals surface area contributed by atoms with Crippen LogP contribution in [0.4, 0.5) is 19.0 Å². The van der Waals surface area contributed by atoms with Crippen molar-refractivity contribution in [2.45, 2.75) is 26.4 Å². The molecule has 32 heavy (non-hydrogen) atoms. The van der Waals surface area contributed by atoms with Crippen molar-refractivity contribution in [2.75, 3.05) is 37.6 Å². The van der Waals surface area contributed by atoms with Gasteiger partial charge in [-0.15, -0.1) is 0 Å². The van der Waals surface area contributed by atoms with Crippen LogP contribution in [-0.4, -0.2) is 54.4 Å². The molecule has 1 aliphatic rings. The van der Waals surface area contributed by atoms with E-state index in [0.717, 1.165) is 18.6 Å². The molecule has 1 N–H and O–H groups in total. The van der Waals surface area contributed by atoms with E-state index in [-0.39, 0.29) is 17.4 Å². The Morgan fingerprint density at radius 3 is 2.19 bits per heavy atom. The molecule has 0 radical (unpaired) electrons. The molecule has 2 heterocycles. The van der Waals surface area contributed by atoms with Crippen LogP contribution in [0.1, 0.15) is 46.5 Å². The second-order valence-electron chi connectivity index (χ2n) is 7.98. The molecular formula is C23H27F3N4O2. The molecule has 6 nitrogen and oxygen atoms in total. The van der Waals surface area contributed by atoms with Crippen LogP contribution in [0.2, 0.25) is 0 Å². The first-order valence-electron chi connectivity index (χ1n) is 10.6. The quantitative estimate of drug-likeness (QED) is 0.729. The summed E-state index contributed by atoms with van der Waals surface area (Å²) in [6, 6.07) is 7.79. The van der Waals surface area contributed by atoms with Crippen molar-refractivity contribution in [3.63, 3.8) is 0 Å². The first kappa shape index (κ1) is 23.6. The van der Waals surface area contributed by atoms with Gasteiger partial charge in [-0.25, -0.2) is 4.98 Å². The number of nitrogens with zero attached hydrogens (tertiary/aromatic N) is 3. The Morgan fingerprint density at radius 1 is 1.03 bits per heavy atom. The molecule has 1 aliphatic heterocycles. The Balaban J connectivity index is 1.54. The van der Waals surface area contributed by atoms with E-state index in [2.05, 4.69) is 24.1 Å². The largest absolute Gasteiger partial charge is 0.416 e. The summed E-state index contributed by atoms with van der Waals surface area (Å²) < 4.78 is 38.1. The summed E-state index contributed by atoms with van der Waals surface area (Å²) in [5.41, 5.74) is -0.0487. The van der Waals surface area contributed by atoms with Crippen LogP contribution in [0.3, 0.4) is 0 Å². The van der Waals surface area contributed by atoms with Gasteiger partial charge in [0, 0.05) is 44.5 Å². The van der Waals surface area contributed by atoms with Gasteiger partial charge in [0.25, 0.3) is 11.8 Å². The number of amides is 2. The van der Waals surface area contributed by atoms with Crippen LogP contribution in [-0.2, 0) is 6.18 Å². The van der Waals surface area contributed by atoms with E-state index in [0.29, 0.717) is 50.0 Å². The van der Waals surface area contributed by atoms with Crippen molar-refractivity contribution in [3.05, 3.63) is 59.3 Å². The minimum Gasteiger partial charge on any atom is -0.353 e. The molecule has 9 heteroatoms. The van der Waals surface area contributed by atoms with Gasteiger partial charge in [-0.05, 0) is 42.3 Å². The van der Waals surface area contributed by atoms with Gasteiger partial charge in [0.2, 0.25) is 0 Å². The number of nitrogens with one attached hydrogen (secondary N) is 1. The molecule has 0 bridgehead atoms. The third-order valence-electron chi connectivity index (χ3n) is 5.67. The van der Waals surface area contributed by atoms with Gasteiger partial charge in [-0.1, -0.05) is 20.3 Å². The molecule has 1 unspecified atom stereocenters. The summed E-state index contributed by atoms with van der Waals surface area (Å²) in [6.45, 7) is 6.70. The molecule has 3 rings (SSSR count). The summed E-state index contributed by atoms with van der Waals surface area (Å²) in [6.07, 6.45) is -1.89. The molecule has 2 amide bonds. The lowest BCUT2D eigenvalue weighted by molar-refractivity contribution is -0.137. The molecule has 2 aromatic rings. The van der Waals surface area contributed by atoms with E-state index in [9.17, 15) is 22.8 Å². The lowest BCUT2D eigenvalue weighted by atomic mass is 10.1. The second kappa shape index (κ2) is 10.0. The standard InChI is InChI=1S/C23H27F3N4O2/c1-3-16(2)14-28-21(31)18-6-9-20(27-15-18)29-10-12-30(13-11-29)22(32)17-4-7-19(8-5-17)23(24,25)26/h4-9,15-16H,3,10-14H2,1-2H3,(H,28,31). The molecule has 0 saturated carbocycles. The number of hydrogen-bond acceptors (Lipinski definition) is 4. The first-order chi connectivity index (χ1) is 15.2. The normalized spacial score (nSPS) is 15.4. The summed E-state index contributed by atoms with van der Waals surface area (Å²) in [5, 5.41) is 2.90. The van der Waals surface area contributed by atoms with Gasteiger partial charge < -0.3 is 15.1 Å². The number of halogens is 3. The lowest BCUT2D eigenvalue weighted by Gasteiger charge is -2.35. The summed E-state index contributed by atoms with van der Waals surface area (Å²) in [4.78, 5) is 32.8. The maximum absolute atomic E-state index is 12.7. The number of carbonyl (C=O) groups excluding carboxylic acids is 2. The minimum atomic E-state index is -4.43. The number of alkyl halides is 3. The molecule has 172 valence electrons. The van der Waals surface area contributed by atoms with Crippen LogP contribution in [0, 0.1) is 5.92 Å². The maximum Gasteiger partial charge on any atom is 0.416 e. The predicted octanol–water partition coefficient (Wildman–Crippen LogP) is 3.84. The SMILES string of the molecule is CCC(C)CNC(=O)c1ccc(N2CCN(C(=O)c3ccc(C(F)(F)F)cc3)CC2)nc1. The zero-order valence-corrected chi connectivity index (χ0v) is 18.2. The Kier molecular flexibility index (Phi) is 7.37. The molecular weight excluding hydrogens is 421 g/mol. The highest BCUT2D eigenvalue weighted by molar-refractivity contribution is 5.95. The molecule has 1 aromatic carbocycles. The highest BCUT2D eigenvalue weighted by Gasteiger charge is 2.30. The fourth-order valence-electron chi connectivity index (χ4n) is 3.34. The summed E-state index contributed by atoms with van der Waals surface area (Å²) in [7, 11) is 0. The van der Waals surface area contributed by atoms with Crippen molar-refractivity contribution < 1.29 is 22.8 Å². The van der Waals surface area contributed by atoms with Crippen molar-refractivity contribution in [1.29, 1.82) is 0 Å². The lowest BCUT2D eigenvalue weighted by Crippen LogP contribution is -2.49. The smallest absolute Gasteiger partial charge is 0.353 e. The summed E-state index contributed by atoms with van der Waals surface area (Å²) in [5.74, 6) is 0.675. The Hall–Kier alpha value is -3.10. The van der Waals surface area contributed by atoms with Gasteiger partial charge in [0.15, 0.2) is 0 Å². The monoisotopic (exact) mass is 448 g/mol. The number of rotatable bonds is 6. The van der Waals surface area contributed by atoms with E-state index in [1.165, 1.54) is 12.1 Å². The highest BCUT2D eigenvalue weighted by atomic mass is 19.4. The average Bonchev–Trinajstić information content (AvgIpc) is 2.81. The van der Waals surface area contributed by atoms with E-state index in [1.54, 1.807) is 23.2 Å². The molecule has 1 saturated heterocycles. The number of hydrogen-bond donors (Lipinski definition) is 1. The molecule has 1 atom stereocenters.